The summed E-state index contributed by atoms with van der Waals surface area (Å²) in [6, 6.07) is -0.545. The Balaban J connectivity index is 2.76. The van der Waals surface area contributed by atoms with Crippen LogP contribution in [-0.2, 0) is 9.84 Å². The van der Waals surface area contributed by atoms with Crippen molar-refractivity contribution in [2.45, 2.75) is 6.04 Å². The lowest BCUT2D eigenvalue weighted by molar-refractivity contribution is 0.594. The molecule has 1 unspecified atom stereocenters. The van der Waals surface area contributed by atoms with Crippen molar-refractivity contribution >= 4 is 9.84 Å². The zero-order chi connectivity index (χ0) is 9.90. The van der Waals surface area contributed by atoms with Gasteiger partial charge in [0.25, 0.3) is 0 Å². The lowest BCUT2D eigenvalue weighted by atomic mass is 10.2. The SMILES string of the molecule is CS(=O)(=O)CC(N)c1cncnc1. The van der Waals surface area contributed by atoms with E-state index < -0.39 is 15.9 Å². The maximum absolute atomic E-state index is 10.9. The van der Waals surface area contributed by atoms with Gasteiger partial charge in [0.15, 0.2) is 0 Å². The van der Waals surface area contributed by atoms with E-state index in [0.717, 1.165) is 6.26 Å². The van der Waals surface area contributed by atoms with Crippen LogP contribution in [0.4, 0.5) is 0 Å². The summed E-state index contributed by atoms with van der Waals surface area (Å²) in [6.07, 6.45) is 5.55. The average Bonchev–Trinajstić information content (AvgIpc) is 2.03. The van der Waals surface area contributed by atoms with E-state index in [2.05, 4.69) is 9.97 Å². The van der Waals surface area contributed by atoms with Crippen LogP contribution in [-0.4, -0.2) is 30.4 Å². The van der Waals surface area contributed by atoms with Gasteiger partial charge >= 0.3 is 0 Å². The van der Waals surface area contributed by atoms with E-state index in [9.17, 15) is 8.42 Å². The highest BCUT2D eigenvalue weighted by Crippen LogP contribution is 2.08. The quantitative estimate of drug-likeness (QED) is 0.714. The third-order valence-electron chi connectivity index (χ3n) is 1.49. The highest BCUT2D eigenvalue weighted by atomic mass is 32.2. The Morgan fingerprint density at radius 1 is 1.46 bits per heavy atom. The second-order valence-electron chi connectivity index (χ2n) is 2.87. The first-order valence-electron chi connectivity index (χ1n) is 3.67. The van der Waals surface area contributed by atoms with Crippen molar-refractivity contribution in [1.82, 2.24) is 9.97 Å². The molecule has 0 amide bonds. The van der Waals surface area contributed by atoms with Crippen LogP contribution >= 0.6 is 0 Å². The molecule has 0 spiro atoms. The summed E-state index contributed by atoms with van der Waals surface area (Å²) in [5.41, 5.74) is 6.25. The highest BCUT2D eigenvalue weighted by molar-refractivity contribution is 7.90. The van der Waals surface area contributed by atoms with E-state index in [1.54, 1.807) is 0 Å². The van der Waals surface area contributed by atoms with Crippen molar-refractivity contribution in [3.05, 3.63) is 24.3 Å². The van der Waals surface area contributed by atoms with Crippen molar-refractivity contribution in [1.29, 1.82) is 0 Å². The Morgan fingerprint density at radius 2 is 2.00 bits per heavy atom. The second kappa shape index (κ2) is 3.80. The molecule has 2 N–H and O–H groups in total. The van der Waals surface area contributed by atoms with Crippen molar-refractivity contribution in [3.8, 4) is 0 Å². The molecule has 0 aliphatic carbocycles. The van der Waals surface area contributed by atoms with E-state index in [1.165, 1.54) is 18.7 Å². The Bertz CT molecular complexity index is 363. The Labute approximate surface area is 76.9 Å². The van der Waals surface area contributed by atoms with E-state index in [-0.39, 0.29) is 5.75 Å². The Kier molecular flexibility index (Phi) is 2.94. The third-order valence-corrected chi connectivity index (χ3v) is 2.46. The van der Waals surface area contributed by atoms with Crippen LogP contribution in [0.5, 0.6) is 0 Å². The van der Waals surface area contributed by atoms with Crippen molar-refractivity contribution in [2.24, 2.45) is 5.73 Å². The molecule has 1 atom stereocenters. The summed E-state index contributed by atoms with van der Waals surface area (Å²) in [7, 11) is -3.05. The molecule has 0 radical (unpaired) electrons. The molecule has 0 aliphatic heterocycles. The fourth-order valence-corrected chi connectivity index (χ4v) is 1.77. The molecule has 0 fully saturated rings. The van der Waals surface area contributed by atoms with Gasteiger partial charge in [-0.15, -0.1) is 0 Å². The first-order valence-corrected chi connectivity index (χ1v) is 5.73. The normalized spacial score (nSPS) is 14.0. The standard InChI is InChI=1S/C7H11N3O2S/c1-13(11,12)4-7(8)6-2-9-5-10-3-6/h2-3,5,7H,4,8H2,1H3. The topological polar surface area (TPSA) is 85.9 Å². The van der Waals surface area contributed by atoms with Gasteiger partial charge in [-0.1, -0.05) is 0 Å². The van der Waals surface area contributed by atoms with Crippen LogP contribution in [0.3, 0.4) is 0 Å². The molecule has 13 heavy (non-hydrogen) atoms. The molecular formula is C7H11N3O2S. The lowest BCUT2D eigenvalue weighted by Crippen LogP contribution is -2.21. The molecule has 0 bridgehead atoms. The van der Waals surface area contributed by atoms with E-state index in [0.29, 0.717) is 5.56 Å². The smallest absolute Gasteiger partial charge is 0.149 e. The van der Waals surface area contributed by atoms with Crippen LogP contribution in [0.1, 0.15) is 11.6 Å². The van der Waals surface area contributed by atoms with Gasteiger partial charge in [-0.2, -0.15) is 0 Å². The Morgan fingerprint density at radius 3 is 2.46 bits per heavy atom. The monoisotopic (exact) mass is 201 g/mol. The number of aromatic nitrogens is 2. The van der Waals surface area contributed by atoms with Crippen molar-refractivity contribution in [3.63, 3.8) is 0 Å². The van der Waals surface area contributed by atoms with Crippen LogP contribution in [0.15, 0.2) is 18.7 Å². The number of hydrogen-bond donors (Lipinski definition) is 1. The fourth-order valence-electron chi connectivity index (χ4n) is 0.924. The molecule has 0 aliphatic rings. The summed E-state index contributed by atoms with van der Waals surface area (Å²) in [4.78, 5) is 7.50. The Hall–Kier alpha value is -1.01. The predicted molar refractivity (Wildman–Crippen MR) is 48.7 cm³/mol. The molecule has 0 saturated carbocycles. The van der Waals surface area contributed by atoms with Gasteiger partial charge in [0.2, 0.25) is 0 Å². The number of hydrogen-bond acceptors (Lipinski definition) is 5. The maximum Gasteiger partial charge on any atom is 0.149 e. The van der Waals surface area contributed by atoms with Crippen LogP contribution in [0.2, 0.25) is 0 Å². The van der Waals surface area contributed by atoms with Gasteiger partial charge in [-0.05, 0) is 0 Å². The number of nitrogens with zero attached hydrogens (tertiary/aromatic N) is 2. The van der Waals surface area contributed by atoms with E-state index >= 15 is 0 Å². The van der Waals surface area contributed by atoms with Crippen LogP contribution in [0.25, 0.3) is 0 Å². The summed E-state index contributed by atoms with van der Waals surface area (Å²) >= 11 is 0. The largest absolute Gasteiger partial charge is 0.323 e. The maximum atomic E-state index is 10.9. The van der Waals surface area contributed by atoms with Gasteiger partial charge in [0.05, 0.1) is 5.75 Å². The highest BCUT2D eigenvalue weighted by Gasteiger charge is 2.12. The first kappa shape index (κ1) is 10.1. The summed E-state index contributed by atoms with van der Waals surface area (Å²) < 4.78 is 21.8. The fraction of sp³-hybridized carbons (Fsp3) is 0.429. The molecule has 5 nitrogen and oxygen atoms in total. The molecule has 1 heterocycles. The van der Waals surface area contributed by atoms with Gasteiger partial charge in [-0.25, -0.2) is 18.4 Å². The van der Waals surface area contributed by atoms with Crippen molar-refractivity contribution < 1.29 is 8.42 Å². The summed E-state index contributed by atoms with van der Waals surface area (Å²) in [5.74, 6) is -0.0830. The molecule has 1 aromatic rings. The lowest BCUT2D eigenvalue weighted by Gasteiger charge is -2.08. The molecule has 1 rings (SSSR count). The van der Waals surface area contributed by atoms with Crippen LogP contribution in [0, 0.1) is 0 Å². The zero-order valence-corrected chi connectivity index (χ0v) is 8.03. The molecular weight excluding hydrogens is 190 g/mol. The molecule has 0 aromatic carbocycles. The first-order chi connectivity index (χ1) is 5.99. The summed E-state index contributed by atoms with van der Waals surface area (Å²) in [5, 5.41) is 0. The molecule has 6 heteroatoms. The summed E-state index contributed by atoms with van der Waals surface area (Å²) in [6.45, 7) is 0. The van der Waals surface area contributed by atoms with E-state index in [1.807, 2.05) is 0 Å². The molecule has 1 aromatic heterocycles. The van der Waals surface area contributed by atoms with Gasteiger partial charge < -0.3 is 5.73 Å². The van der Waals surface area contributed by atoms with E-state index in [4.69, 9.17) is 5.73 Å². The third kappa shape index (κ3) is 3.47. The predicted octanol–water partition coefficient (Wildman–Crippen LogP) is -0.479. The minimum absolute atomic E-state index is 0.0830. The van der Waals surface area contributed by atoms with Crippen LogP contribution < -0.4 is 5.73 Å². The van der Waals surface area contributed by atoms with Gasteiger partial charge in [0, 0.05) is 30.3 Å². The van der Waals surface area contributed by atoms with Crippen molar-refractivity contribution in [2.75, 3.05) is 12.0 Å². The van der Waals surface area contributed by atoms with Gasteiger partial charge in [0.1, 0.15) is 16.2 Å². The zero-order valence-electron chi connectivity index (χ0n) is 7.21. The molecule has 72 valence electrons. The van der Waals surface area contributed by atoms with Gasteiger partial charge in [-0.3, -0.25) is 0 Å². The second-order valence-corrected chi connectivity index (χ2v) is 5.06. The average molecular weight is 201 g/mol. The molecule has 0 saturated heterocycles. The number of rotatable bonds is 3. The minimum atomic E-state index is -3.05. The number of nitrogens with two attached hydrogens (primary N) is 1. The minimum Gasteiger partial charge on any atom is -0.323 e. The number of sulfone groups is 1.